The Morgan fingerprint density at radius 2 is 2.21 bits per heavy atom. The van der Waals surface area contributed by atoms with Crippen LogP contribution in [-0.2, 0) is 6.42 Å². The van der Waals surface area contributed by atoms with Crippen LogP contribution in [0, 0.1) is 6.92 Å². The van der Waals surface area contributed by atoms with Gasteiger partial charge in [-0.05, 0) is 24.6 Å². The van der Waals surface area contributed by atoms with E-state index in [9.17, 15) is 4.79 Å². The zero-order valence-electron chi connectivity index (χ0n) is 10.2. The predicted octanol–water partition coefficient (Wildman–Crippen LogP) is 3.07. The van der Waals surface area contributed by atoms with Crippen LogP contribution in [0.4, 0.5) is 0 Å². The Labute approximate surface area is 114 Å². The molecule has 3 rings (SSSR count). The third-order valence-corrected chi connectivity index (χ3v) is 3.31. The molecule has 0 aliphatic rings. The van der Waals surface area contributed by atoms with Gasteiger partial charge in [-0.1, -0.05) is 23.7 Å². The van der Waals surface area contributed by atoms with Crippen molar-refractivity contribution in [2.45, 2.75) is 13.3 Å². The van der Waals surface area contributed by atoms with Crippen LogP contribution in [0.25, 0.3) is 11.0 Å². The highest BCUT2D eigenvalue weighted by molar-refractivity contribution is 6.34. The molecule has 2 aromatic heterocycles. The molecule has 4 nitrogen and oxygen atoms in total. The molecule has 1 aromatic carbocycles. The molecule has 0 spiro atoms. The van der Waals surface area contributed by atoms with Crippen LogP contribution < -0.4 is 5.56 Å². The second-order valence-electron chi connectivity index (χ2n) is 4.39. The van der Waals surface area contributed by atoms with Crippen molar-refractivity contribution in [1.82, 2.24) is 10.2 Å². The van der Waals surface area contributed by atoms with Crippen LogP contribution >= 0.6 is 11.6 Å². The first-order valence-corrected chi connectivity index (χ1v) is 6.23. The molecule has 0 fully saturated rings. The SMILES string of the molecule is Cc1n[nH]c(=O)cc1Cc1cc2cccc(Cl)c2o1. The minimum Gasteiger partial charge on any atom is -0.459 e. The van der Waals surface area contributed by atoms with E-state index in [1.807, 2.05) is 25.1 Å². The van der Waals surface area contributed by atoms with Gasteiger partial charge in [0, 0.05) is 17.9 Å². The monoisotopic (exact) mass is 274 g/mol. The lowest BCUT2D eigenvalue weighted by Crippen LogP contribution is -2.10. The van der Waals surface area contributed by atoms with E-state index < -0.39 is 0 Å². The summed E-state index contributed by atoms with van der Waals surface area (Å²) in [5.41, 5.74) is 2.09. The predicted molar refractivity (Wildman–Crippen MR) is 73.6 cm³/mol. The Hall–Kier alpha value is -2.07. The Bertz CT molecular complexity index is 805. The number of benzene rings is 1. The van der Waals surface area contributed by atoms with Gasteiger partial charge in [0.1, 0.15) is 5.76 Å². The highest BCUT2D eigenvalue weighted by Crippen LogP contribution is 2.27. The summed E-state index contributed by atoms with van der Waals surface area (Å²) < 4.78 is 5.73. The van der Waals surface area contributed by atoms with Gasteiger partial charge in [0.15, 0.2) is 5.58 Å². The normalized spacial score (nSPS) is 11.1. The number of hydrogen-bond donors (Lipinski definition) is 1. The molecule has 0 saturated carbocycles. The minimum atomic E-state index is -0.213. The standard InChI is InChI=1S/C14H11ClN2O2/c1-8-10(7-13(18)17-16-8)6-11-5-9-3-2-4-12(15)14(9)19-11/h2-5,7H,6H2,1H3,(H,17,18). The summed E-state index contributed by atoms with van der Waals surface area (Å²) in [7, 11) is 0. The van der Waals surface area contributed by atoms with Gasteiger partial charge in [0.2, 0.25) is 0 Å². The van der Waals surface area contributed by atoms with Crippen molar-refractivity contribution in [3.63, 3.8) is 0 Å². The molecule has 0 radical (unpaired) electrons. The van der Waals surface area contributed by atoms with Crippen LogP contribution in [0.15, 0.2) is 39.5 Å². The number of nitrogens with one attached hydrogen (secondary N) is 1. The maximum Gasteiger partial charge on any atom is 0.264 e. The van der Waals surface area contributed by atoms with E-state index in [4.69, 9.17) is 16.0 Å². The van der Waals surface area contributed by atoms with Gasteiger partial charge < -0.3 is 4.42 Å². The quantitative estimate of drug-likeness (QED) is 0.781. The van der Waals surface area contributed by atoms with Gasteiger partial charge in [-0.25, -0.2) is 5.10 Å². The second-order valence-corrected chi connectivity index (χ2v) is 4.80. The number of aromatic nitrogens is 2. The molecular formula is C14H11ClN2O2. The van der Waals surface area contributed by atoms with Crippen molar-refractivity contribution in [2.75, 3.05) is 0 Å². The smallest absolute Gasteiger partial charge is 0.264 e. The van der Waals surface area contributed by atoms with E-state index >= 15 is 0 Å². The maximum absolute atomic E-state index is 11.3. The molecule has 3 aromatic rings. The number of rotatable bonds is 2. The third kappa shape index (κ3) is 2.27. The van der Waals surface area contributed by atoms with E-state index in [1.54, 1.807) is 6.07 Å². The van der Waals surface area contributed by atoms with Crippen molar-refractivity contribution in [3.05, 3.63) is 62.7 Å². The Kier molecular flexibility index (Phi) is 2.87. The number of fused-ring (bicyclic) bond motifs is 1. The van der Waals surface area contributed by atoms with Crippen molar-refractivity contribution in [2.24, 2.45) is 0 Å². The molecule has 0 amide bonds. The lowest BCUT2D eigenvalue weighted by atomic mass is 10.1. The zero-order chi connectivity index (χ0) is 13.4. The highest BCUT2D eigenvalue weighted by Gasteiger charge is 2.09. The molecule has 0 atom stereocenters. The summed E-state index contributed by atoms with van der Waals surface area (Å²) in [6.07, 6.45) is 0.522. The summed E-state index contributed by atoms with van der Waals surface area (Å²) in [6.45, 7) is 1.85. The number of aryl methyl sites for hydroxylation is 1. The van der Waals surface area contributed by atoms with Gasteiger partial charge in [0.25, 0.3) is 5.56 Å². The van der Waals surface area contributed by atoms with Crippen molar-refractivity contribution in [3.8, 4) is 0 Å². The maximum atomic E-state index is 11.3. The molecular weight excluding hydrogens is 264 g/mol. The van der Waals surface area contributed by atoms with Crippen molar-refractivity contribution < 1.29 is 4.42 Å². The molecule has 96 valence electrons. The fraction of sp³-hybridized carbons (Fsp3) is 0.143. The number of aromatic amines is 1. The Balaban J connectivity index is 2.04. The van der Waals surface area contributed by atoms with E-state index in [2.05, 4.69) is 10.2 Å². The van der Waals surface area contributed by atoms with Crippen LogP contribution in [-0.4, -0.2) is 10.2 Å². The number of hydrogen-bond acceptors (Lipinski definition) is 3. The first-order valence-electron chi connectivity index (χ1n) is 5.85. The van der Waals surface area contributed by atoms with Crippen molar-refractivity contribution in [1.29, 1.82) is 0 Å². The fourth-order valence-corrected chi connectivity index (χ4v) is 2.26. The largest absolute Gasteiger partial charge is 0.459 e. The molecule has 1 N–H and O–H groups in total. The first kappa shape index (κ1) is 12.0. The van der Waals surface area contributed by atoms with Crippen LogP contribution in [0.2, 0.25) is 5.02 Å². The van der Waals surface area contributed by atoms with Gasteiger partial charge in [-0.3, -0.25) is 4.79 Å². The molecule has 19 heavy (non-hydrogen) atoms. The van der Waals surface area contributed by atoms with Crippen molar-refractivity contribution >= 4 is 22.6 Å². The third-order valence-electron chi connectivity index (χ3n) is 3.02. The number of halogens is 1. The second kappa shape index (κ2) is 4.55. The van der Waals surface area contributed by atoms with E-state index in [1.165, 1.54) is 6.07 Å². The lowest BCUT2D eigenvalue weighted by molar-refractivity contribution is 0.561. The average Bonchev–Trinajstić information content (AvgIpc) is 2.78. The molecule has 0 aliphatic carbocycles. The first-order chi connectivity index (χ1) is 9.13. The number of H-pyrrole nitrogens is 1. The molecule has 2 heterocycles. The highest BCUT2D eigenvalue weighted by atomic mass is 35.5. The van der Waals surface area contributed by atoms with E-state index in [-0.39, 0.29) is 5.56 Å². The minimum absolute atomic E-state index is 0.213. The van der Waals surface area contributed by atoms with Gasteiger partial charge in [-0.15, -0.1) is 0 Å². The van der Waals surface area contributed by atoms with Crippen LogP contribution in [0.5, 0.6) is 0 Å². The average molecular weight is 275 g/mol. The lowest BCUT2D eigenvalue weighted by Gasteiger charge is -2.00. The topological polar surface area (TPSA) is 58.9 Å². The Morgan fingerprint density at radius 1 is 1.37 bits per heavy atom. The summed E-state index contributed by atoms with van der Waals surface area (Å²) in [6, 6.07) is 9.08. The number of furan rings is 1. The molecule has 0 aliphatic heterocycles. The fourth-order valence-electron chi connectivity index (χ4n) is 2.04. The molecule has 5 heteroatoms. The number of para-hydroxylation sites is 1. The summed E-state index contributed by atoms with van der Waals surface area (Å²) >= 11 is 6.07. The summed E-state index contributed by atoms with van der Waals surface area (Å²) in [5, 5.41) is 7.89. The molecule has 0 unspecified atom stereocenters. The van der Waals surface area contributed by atoms with Crippen LogP contribution in [0.1, 0.15) is 17.0 Å². The van der Waals surface area contributed by atoms with Gasteiger partial charge >= 0.3 is 0 Å². The molecule has 0 bridgehead atoms. The van der Waals surface area contributed by atoms with Gasteiger partial charge in [0.05, 0.1) is 10.7 Å². The Morgan fingerprint density at radius 3 is 3.00 bits per heavy atom. The molecule has 0 saturated heterocycles. The summed E-state index contributed by atoms with van der Waals surface area (Å²) in [5.74, 6) is 0.763. The zero-order valence-corrected chi connectivity index (χ0v) is 11.0. The van der Waals surface area contributed by atoms with Gasteiger partial charge in [-0.2, -0.15) is 5.10 Å². The number of nitrogens with zero attached hydrogens (tertiary/aromatic N) is 1. The van der Waals surface area contributed by atoms with E-state index in [0.717, 1.165) is 22.4 Å². The summed E-state index contributed by atoms with van der Waals surface area (Å²) in [4.78, 5) is 11.3. The van der Waals surface area contributed by atoms with E-state index in [0.29, 0.717) is 17.0 Å². The van der Waals surface area contributed by atoms with Crippen LogP contribution in [0.3, 0.4) is 0 Å².